The number of hydrogen-bond donors (Lipinski definition) is 1. The van der Waals surface area contributed by atoms with Gasteiger partial charge in [-0.2, -0.15) is 13.2 Å². The van der Waals surface area contributed by atoms with Crippen LogP contribution in [0.2, 0.25) is 5.02 Å². The van der Waals surface area contributed by atoms with Crippen LogP contribution in [0.25, 0.3) is 17.0 Å². The van der Waals surface area contributed by atoms with Crippen molar-refractivity contribution >= 4 is 44.2 Å². The molecule has 30 heavy (non-hydrogen) atoms. The molecule has 4 aromatic rings. The largest absolute Gasteiger partial charge is 0.416 e. The van der Waals surface area contributed by atoms with Gasteiger partial charge in [0.25, 0.3) is 0 Å². The predicted octanol–water partition coefficient (Wildman–Crippen LogP) is 6.76. The number of aromatic nitrogens is 3. The molecule has 2 heterocycles. The summed E-state index contributed by atoms with van der Waals surface area (Å²) < 4.78 is 40.9. The monoisotopic (exact) mass is 466 g/mol. The van der Waals surface area contributed by atoms with Gasteiger partial charge < -0.3 is 0 Å². The molecule has 0 radical (unpaired) electrons. The average Bonchev–Trinajstić information content (AvgIpc) is 3.13. The van der Waals surface area contributed by atoms with E-state index >= 15 is 0 Å². The van der Waals surface area contributed by atoms with Crippen molar-refractivity contribution in [2.24, 2.45) is 0 Å². The van der Waals surface area contributed by atoms with E-state index in [4.69, 9.17) is 11.6 Å². The third-order valence-corrected chi connectivity index (χ3v) is 7.27. The van der Waals surface area contributed by atoms with E-state index in [-0.39, 0.29) is 0 Å². The van der Waals surface area contributed by atoms with Crippen LogP contribution in [-0.4, -0.2) is 9.97 Å². The Morgan fingerprint density at radius 3 is 2.67 bits per heavy atom. The fraction of sp³-hybridized carbons (Fsp3) is 0.143. The minimum absolute atomic E-state index is 0.345. The normalized spacial score (nSPS) is 11.9. The van der Waals surface area contributed by atoms with E-state index in [2.05, 4.69) is 9.97 Å². The van der Waals surface area contributed by atoms with Crippen LogP contribution in [0.3, 0.4) is 0 Å². The lowest BCUT2D eigenvalue weighted by Gasteiger charge is -2.09. The Kier molecular flexibility index (Phi) is 5.99. The number of aromatic amines is 1. The number of imidazole rings is 1. The van der Waals surface area contributed by atoms with Gasteiger partial charge in [0.05, 0.1) is 28.2 Å². The Labute approximate surface area is 184 Å². The predicted molar refractivity (Wildman–Crippen MR) is 116 cm³/mol. The standard InChI is InChI=1S/C21H16ClF3N3S2/c1-13-5-4-10-28(18(13)12-29-30-19-7-3-2-6-15(19)22)20-26-16-9-8-14(21(23,24)25)11-17(16)27-20/h2-11H,12H2,1H3,(H,26,27)/q+1. The maximum absolute atomic E-state index is 13.0. The zero-order chi connectivity index (χ0) is 21.3. The molecule has 3 nitrogen and oxygen atoms in total. The van der Waals surface area contributed by atoms with Crippen molar-refractivity contribution in [1.82, 2.24) is 9.97 Å². The Morgan fingerprint density at radius 2 is 1.90 bits per heavy atom. The number of halogens is 4. The molecule has 0 fully saturated rings. The zero-order valence-corrected chi connectivity index (χ0v) is 18.1. The molecule has 9 heteroatoms. The summed E-state index contributed by atoms with van der Waals surface area (Å²) in [4.78, 5) is 8.49. The number of H-pyrrole nitrogens is 1. The summed E-state index contributed by atoms with van der Waals surface area (Å²) in [7, 11) is 3.21. The van der Waals surface area contributed by atoms with Crippen LogP contribution in [0, 0.1) is 6.92 Å². The molecule has 0 atom stereocenters. The summed E-state index contributed by atoms with van der Waals surface area (Å²) >= 11 is 6.22. The number of pyridine rings is 1. The molecule has 154 valence electrons. The Bertz CT molecular complexity index is 1210. The fourth-order valence-electron chi connectivity index (χ4n) is 2.98. The molecule has 0 spiro atoms. The third kappa shape index (κ3) is 4.45. The first-order valence-electron chi connectivity index (χ1n) is 8.94. The van der Waals surface area contributed by atoms with Gasteiger partial charge in [0.2, 0.25) is 0 Å². The molecule has 2 aromatic heterocycles. The van der Waals surface area contributed by atoms with Crippen LogP contribution in [0.15, 0.2) is 65.7 Å². The van der Waals surface area contributed by atoms with Crippen molar-refractivity contribution in [1.29, 1.82) is 0 Å². The SMILES string of the molecule is Cc1ccc[n+](-c2nc3ccc(C(F)(F)F)cc3[nH]2)c1CSSc1ccccc1Cl. The summed E-state index contributed by atoms with van der Waals surface area (Å²) in [5.41, 5.74) is 2.18. The van der Waals surface area contributed by atoms with E-state index in [0.29, 0.717) is 27.8 Å². The fourth-order valence-corrected chi connectivity index (χ4v) is 5.64. The maximum Gasteiger partial charge on any atom is 0.416 e. The molecule has 0 aliphatic carbocycles. The van der Waals surface area contributed by atoms with Crippen molar-refractivity contribution in [2.75, 3.05) is 0 Å². The lowest BCUT2D eigenvalue weighted by atomic mass is 10.2. The van der Waals surface area contributed by atoms with Gasteiger partial charge in [0.15, 0.2) is 5.52 Å². The second-order valence-corrected chi connectivity index (χ2v) is 9.32. The van der Waals surface area contributed by atoms with Gasteiger partial charge in [0, 0.05) is 4.90 Å². The number of alkyl halides is 3. The second-order valence-electron chi connectivity index (χ2n) is 6.57. The summed E-state index contributed by atoms with van der Waals surface area (Å²) in [5.74, 6) is 1.14. The van der Waals surface area contributed by atoms with Crippen LogP contribution in [0.5, 0.6) is 0 Å². The number of rotatable bonds is 5. The van der Waals surface area contributed by atoms with Crippen molar-refractivity contribution in [3.63, 3.8) is 0 Å². The number of nitrogens with one attached hydrogen (secondary N) is 1. The highest BCUT2D eigenvalue weighted by Crippen LogP contribution is 2.37. The first kappa shape index (κ1) is 21.1. The van der Waals surface area contributed by atoms with Gasteiger partial charge in [-0.05, 0) is 48.9 Å². The number of benzene rings is 2. The topological polar surface area (TPSA) is 32.6 Å². The molecular weight excluding hydrogens is 451 g/mol. The smallest absolute Gasteiger partial charge is 0.238 e. The van der Waals surface area contributed by atoms with Gasteiger partial charge in [0.1, 0.15) is 5.52 Å². The zero-order valence-electron chi connectivity index (χ0n) is 15.7. The summed E-state index contributed by atoms with van der Waals surface area (Å²) in [6.45, 7) is 2.00. The highest BCUT2D eigenvalue weighted by Gasteiger charge is 2.31. The minimum atomic E-state index is -4.40. The summed E-state index contributed by atoms with van der Waals surface area (Å²) in [6, 6.07) is 15.0. The minimum Gasteiger partial charge on any atom is -0.238 e. The summed E-state index contributed by atoms with van der Waals surface area (Å²) in [6.07, 6.45) is -2.54. The second kappa shape index (κ2) is 8.53. The molecule has 0 amide bonds. The molecule has 1 N–H and O–H groups in total. The van der Waals surface area contributed by atoms with E-state index < -0.39 is 11.7 Å². The Hall–Kier alpha value is -2.16. The van der Waals surface area contributed by atoms with Gasteiger partial charge in [-0.25, -0.2) is 9.55 Å². The number of aryl methyl sites for hydroxylation is 1. The van der Waals surface area contributed by atoms with Gasteiger partial charge in [-0.15, -0.1) is 0 Å². The van der Waals surface area contributed by atoms with Crippen molar-refractivity contribution in [3.05, 3.63) is 82.6 Å². The van der Waals surface area contributed by atoms with Gasteiger partial charge in [-0.1, -0.05) is 56.4 Å². The van der Waals surface area contributed by atoms with E-state index in [9.17, 15) is 13.2 Å². The summed E-state index contributed by atoms with van der Waals surface area (Å²) in [5, 5.41) is 0.699. The number of fused-ring (bicyclic) bond motifs is 1. The molecule has 2 aromatic carbocycles. The molecule has 0 saturated heterocycles. The van der Waals surface area contributed by atoms with Crippen LogP contribution in [0.4, 0.5) is 13.2 Å². The quantitative estimate of drug-likeness (QED) is 0.260. The molecule has 0 saturated carbocycles. The van der Waals surface area contributed by atoms with Crippen LogP contribution in [0.1, 0.15) is 16.8 Å². The maximum atomic E-state index is 13.0. The Morgan fingerprint density at radius 1 is 1.10 bits per heavy atom. The highest BCUT2D eigenvalue weighted by atomic mass is 35.5. The van der Waals surface area contributed by atoms with Crippen molar-refractivity contribution < 1.29 is 17.7 Å². The molecule has 4 rings (SSSR count). The van der Waals surface area contributed by atoms with E-state index in [1.807, 2.05) is 54.1 Å². The Balaban J connectivity index is 1.63. The number of nitrogens with zero attached hydrogens (tertiary/aromatic N) is 2. The van der Waals surface area contributed by atoms with Gasteiger partial charge >= 0.3 is 12.1 Å². The number of hydrogen-bond acceptors (Lipinski definition) is 3. The first-order valence-corrected chi connectivity index (χ1v) is 11.6. The van der Waals surface area contributed by atoms with Crippen molar-refractivity contribution in [2.45, 2.75) is 23.7 Å². The average molecular weight is 467 g/mol. The van der Waals surface area contributed by atoms with Gasteiger partial charge in [-0.3, -0.25) is 0 Å². The molecule has 0 unspecified atom stereocenters. The molecule has 0 bridgehead atoms. The van der Waals surface area contributed by atoms with E-state index in [1.54, 1.807) is 21.6 Å². The van der Waals surface area contributed by atoms with E-state index in [0.717, 1.165) is 28.3 Å². The lowest BCUT2D eigenvalue weighted by Crippen LogP contribution is -2.37. The van der Waals surface area contributed by atoms with Crippen molar-refractivity contribution in [3.8, 4) is 5.95 Å². The van der Waals surface area contributed by atoms with Crippen LogP contribution < -0.4 is 4.57 Å². The molecule has 0 aliphatic heterocycles. The van der Waals surface area contributed by atoms with Crippen LogP contribution in [-0.2, 0) is 11.9 Å². The lowest BCUT2D eigenvalue weighted by molar-refractivity contribution is -0.610. The van der Waals surface area contributed by atoms with Crippen LogP contribution >= 0.6 is 33.2 Å². The third-order valence-electron chi connectivity index (χ3n) is 4.53. The highest BCUT2D eigenvalue weighted by molar-refractivity contribution is 8.76. The molecular formula is C21H16ClF3N3S2+. The first-order chi connectivity index (χ1) is 14.3. The molecule has 0 aliphatic rings. The van der Waals surface area contributed by atoms with E-state index in [1.165, 1.54) is 6.07 Å².